The van der Waals surface area contributed by atoms with Gasteiger partial charge in [0.25, 0.3) is 0 Å². The van der Waals surface area contributed by atoms with E-state index >= 15 is 0 Å². The largest absolute Gasteiger partial charge is 0.480 e. The molecule has 26 heavy (non-hydrogen) atoms. The number of carbonyl (C=O) groups is 4. The second-order valence-corrected chi connectivity index (χ2v) is 6.90. The Kier molecular flexibility index (Phi) is 11.6. The lowest BCUT2D eigenvalue weighted by atomic mass is 10.0. The van der Waals surface area contributed by atoms with Crippen molar-refractivity contribution in [3.8, 4) is 0 Å². The van der Waals surface area contributed by atoms with Crippen molar-refractivity contribution < 1.29 is 29.4 Å². The van der Waals surface area contributed by atoms with Crippen LogP contribution in [0.15, 0.2) is 0 Å². The average molecular weight is 392 g/mol. The molecule has 11 heteroatoms. The molecule has 0 rings (SSSR count). The lowest BCUT2D eigenvalue weighted by molar-refractivity contribution is -0.142. The molecule has 3 amide bonds. The van der Waals surface area contributed by atoms with Gasteiger partial charge in [-0.2, -0.15) is 11.8 Å². The zero-order chi connectivity index (χ0) is 20.3. The fraction of sp³-hybridized carbons (Fsp3) is 0.733. The number of rotatable bonds is 12. The number of nitrogens with one attached hydrogen (secondary N) is 3. The number of aliphatic hydroxyl groups is 1. The molecule has 0 aromatic rings. The molecule has 0 aliphatic heterocycles. The molecule has 0 aliphatic carbocycles. The van der Waals surface area contributed by atoms with Crippen molar-refractivity contribution >= 4 is 35.5 Å². The molecular formula is C15H28N4O6S. The van der Waals surface area contributed by atoms with Crippen LogP contribution in [0.5, 0.6) is 0 Å². The minimum absolute atomic E-state index is 0.204. The number of thioether (sulfide) groups is 1. The lowest BCUT2D eigenvalue weighted by Crippen LogP contribution is -2.58. The van der Waals surface area contributed by atoms with Crippen LogP contribution in [0.1, 0.15) is 20.3 Å². The quantitative estimate of drug-likeness (QED) is 0.219. The summed E-state index contributed by atoms with van der Waals surface area (Å²) in [6.07, 6.45) is 2.01. The van der Waals surface area contributed by atoms with Crippen molar-refractivity contribution in [3.63, 3.8) is 0 Å². The number of carboxylic acid groups (broad SMARTS) is 1. The highest BCUT2D eigenvalue weighted by Crippen LogP contribution is 2.04. The molecule has 3 unspecified atom stereocenters. The Bertz CT molecular complexity index is 503. The van der Waals surface area contributed by atoms with E-state index in [1.165, 1.54) is 11.8 Å². The number of hydrogen-bond donors (Lipinski definition) is 6. The molecule has 7 N–H and O–H groups in total. The minimum Gasteiger partial charge on any atom is -0.480 e. The van der Waals surface area contributed by atoms with Crippen molar-refractivity contribution in [2.45, 2.75) is 38.4 Å². The van der Waals surface area contributed by atoms with Gasteiger partial charge in [-0.15, -0.1) is 0 Å². The predicted molar refractivity (Wildman–Crippen MR) is 97.4 cm³/mol. The van der Waals surface area contributed by atoms with Crippen LogP contribution in [0.3, 0.4) is 0 Å². The number of carbonyl (C=O) groups excluding carboxylic acids is 3. The molecule has 0 aromatic heterocycles. The van der Waals surface area contributed by atoms with E-state index < -0.39 is 48.4 Å². The summed E-state index contributed by atoms with van der Waals surface area (Å²) in [4.78, 5) is 47.1. The topological polar surface area (TPSA) is 171 Å². The van der Waals surface area contributed by atoms with Gasteiger partial charge in [-0.1, -0.05) is 13.8 Å². The van der Waals surface area contributed by atoms with Gasteiger partial charge in [0.1, 0.15) is 18.1 Å². The van der Waals surface area contributed by atoms with Crippen molar-refractivity contribution in [2.24, 2.45) is 11.7 Å². The number of aliphatic carboxylic acids is 1. The maximum absolute atomic E-state index is 12.3. The standard InChI is InChI=1S/C15H28N4O6S/c1-8(2)12(19-11(21)6-16)14(23)18-10(7-20)13(22)17-9(15(24)25)4-5-26-3/h8-10,12,20H,4-7,16H2,1-3H3,(H,17,22)(H,18,23)(H,19,21)(H,24,25). The van der Waals surface area contributed by atoms with Crippen LogP contribution >= 0.6 is 11.8 Å². The second kappa shape index (κ2) is 12.5. The van der Waals surface area contributed by atoms with Crippen molar-refractivity contribution in [1.82, 2.24) is 16.0 Å². The second-order valence-electron chi connectivity index (χ2n) is 5.92. The zero-order valence-corrected chi connectivity index (χ0v) is 16.0. The van der Waals surface area contributed by atoms with Gasteiger partial charge in [-0.3, -0.25) is 14.4 Å². The molecule has 0 aromatic carbocycles. The summed E-state index contributed by atoms with van der Waals surface area (Å²) >= 11 is 1.43. The average Bonchev–Trinajstić information content (AvgIpc) is 2.59. The Hall–Kier alpha value is -1.85. The molecule has 0 saturated carbocycles. The maximum atomic E-state index is 12.3. The smallest absolute Gasteiger partial charge is 0.326 e. The van der Waals surface area contributed by atoms with E-state index in [4.69, 9.17) is 10.8 Å². The normalized spacial score (nSPS) is 14.2. The molecule has 0 radical (unpaired) electrons. The number of hydrogen-bond acceptors (Lipinski definition) is 7. The highest BCUT2D eigenvalue weighted by Gasteiger charge is 2.30. The molecule has 150 valence electrons. The fourth-order valence-corrected chi connectivity index (χ4v) is 2.46. The zero-order valence-electron chi connectivity index (χ0n) is 15.2. The molecule has 0 bridgehead atoms. The first-order valence-corrected chi connectivity index (χ1v) is 9.50. The first-order chi connectivity index (χ1) is 12.2. The van der Waals surface area contributed by atoms with E-state index in [1.807, 2.05) is 0 Å². The minimum atomic E-state index is -1.34. The van der Waals surface area contributed by atoms with Gasteiger partial charge in [-0.05, 0) is 24.3 Å². The Labute approximate surface area is 156 Å². The highest BCUT2D eigenvalue weighted by atomic mass is 32.2. The highest BCUT2D eigenvalue weighted by molar-refractivity contribution is 7.98. The van der Waals surface area contributed by atoms with Crippen molar-refractivity contribution in [3.05, 3.63) is 0 Å². The number of nitrogens with two attached hydrogens (primary N) is 1. The van der Waals surface area contributed by atoms with Crippen LogP contribution in [-0.2, 0) is 19.2 Å². The monoisotopic (exact) mass is 392 g/mol. The number of carboxylic acids is 1. The molecule has 0 fully saturated rings. The first-order valence-electron chi connectivity index (χ1n) is 8.10. The van der Waals surface area contributed by atoms with Gasteiger partial charge in [-0.25, -0.2) is 4.79 Å². The summed E-state index contributed by atoms with van der Waals surface area (Å²) in [6, 6.07) is -3.41. The Morgan fingerprint density at radius 3 is 2.04 bits per heavy atom. The first kappa shape index (κ1) is 24.1. The summed E-state index contributed by atoms with van der Waals surface area (Å²) in [6.45, 7) is 2.37. The molecule has 0 saturated heterocycles. The van der Waals surface area contributed by atoms with Gasteiger partial charge >= 0.3 is 5.97 Å². The van der Waals surface area contributed by atoms with E-state index in [0.717, 1.165) is 0 Å². The summed E-state index contributed by atoms with van der Waals surface area (Å²) in [5, 5.41) is 25.6. The molecule has 3 atom stereocenters. The third-order valence-corrected chi connectivity index (χ3v) is 4.14. The van der Waals surface area contributed by atoms with Gasteiger partial charge in [0.15, 0.2) is 0 Å². The van der Waals surface area contributed by atoms with Crippen LogP contribution in [0.2, 0.25) is 0 Å². The van der Waals surface area contributed by atoms with Crippen molar-refractivity contribution in [1.29, 1.82) is 0 Å². The summed E-state index contributed by atoms with van der Waals surface area (Å²) in [5.74, 6) is -3.00. The van der Waals surface area contributed by atoms with E-state index in [1.54, 1.807) is 20.1 Å². The van der Waals surface area contributed by atoms with Crippen LogP contribution in [-0.4, -0.2) is 77.2 Å². The maximum Gasteiger partial charge on any atom is 0.326 e. The lowest BCUT2D eigenvalue weighted by Gasteiger charge is -2.25. The molecule has 0 heterocycles. The van der Waals surface area contributed by atoms with Gasteiger partial charge in [0, 0.05) is 0 Å². The van der Waals surface area contributed by atoms with Gasteiger partial charge < -0.3 is 31.9 Å². The molecular weight excluding hydrogens is 364 g/mol. The summed E-state index contributed by atoms with van der Waals surface area (Å²) in [5.41, 5.74) is 5.21. The molecule has 10 nitrogen and oxygen atoms in total. The van der Waals surface area contributed by atoms with E-state index in [-0.39, 0.29) is 18.9 Å². The number of amides is 3. The van der Waals surface area contributed by atoms with Crippen LogP contribution in [0.4, 0.5) is 0 Å². The van der Waals surface area contributed by atoms with Crippen molar-refractivity contribution in [2.75, 3.05) is 25.2 Å². The third-order valence-electron chi connectivity index (χ3n) is 3.49. The van der Waals surface area contributed by atoms with E-state index in [2.05, 4.69) is 16.0 Å². The van der Waals surface area contributed by atoms with E-state index in [0.29, 0.717) is 5.75 Å². The Morgan fingerprint density at radius 2 is 1.62 bits per heavy atom. The van der Waals surface area contributed by atoms with E-state index in [9.17, 15) is 24.3 Å². The van der Waals surface area contributed by atoms with Crippen LogP contribution < -0.4 is 21.7 Å². The van der Waals surface area contributed by atoms with Crippen LogP contribution in [0, 0.1) is 5.92 Å². The SMILES string of the molecule is CSCCC(NC(=O)C(CO)NC(=O)C(NC(=O)CN)C(C)C)C(=O)O. The van der Waals surface area contributed by atoms with Crippen LogP contribution in [0.25, 0.3) is 0 Å². The van der Waals surface area contributed by atoms with Gasteiger partial charge in [0.2, 0.25) is 17.7 Å². The Balaban J connectivity index is 4.97. The fourth-order valence-electron chi connectivity index (χ4n) is 1.99. The molecule has 0 spiro atoms. The third kappa shape index (κ3) is 8.50. The molecule has 0 aliphatic rings. The summed E-state index contributed by atoms with van der Waals surface area (Å²) in [7, 11) is 0. The number of aliphatic hydroxyl groups excluding tert-OH is 1. The summed E-state index contributed by atoms with van der Waals surface area (Å²) < 4.78 is 0. The van der Waals surface area contributed by atoms with Gasteiger partial charge in [0.05, 0.1) is 13.2 Å². The predicted octanol–water partition coefficient (Wildman–Crippen LogP) is -2.11. The Morgan fingerprint density at radius 1 is 1.04 bits per heavy atom.